The molecule has 2 aromatic rings. The Labute approximate surface area is 128 Å². The van der Waals surface area contributed by atoms with Crippen LogP contribution in [0.1, 0.15) is 29.2 Å². The summed E-state index contributed by atoms with van der Waals surface area (Å²) in [5.74, 6) is 0.954. The van der Waals surface area contributed by atoms with E-state index in [1.165, 1.54) is 33.4 Å². The van der Waals surface area contributed by atoms with Crippen LogP contribution >= 0.6 is 0 Å². The summed E-state index contributed by atoms with van der Waals surface area (Å²) >= 11 is 0. The number of ether oxygens (including phenoxy) is 1. The van der Waals surface area contributed by atoms with Gasteiger partial charge in [-0.15, -0.1) is 0 Å². The summed E-state index contributed by atoms with van der Waals surface area (Å²) in [5, 5.41) is 3.42. The van der Waals surface area contributed by atoms with E-state index in [1.807, 2.05) is 0 Å². The van der Waals surface area contributed by atoms with Crippen LogP contribution in [0.4, 0.5) is 0 Å². The number of aryl methyl sites for hydroxylation is 3. The molecule has 2 rings (SSSR count). The first kappa shape index (κ1) is 15.6. The molecule has 1 N–H and O–H groups in total. The van der Waals surface area contributed by atoms with Gasteiger partial charge in [-0.2, -0.15) is 0 Å². The van der Waals surface area contributed by atoms with Crippen LogP contribution in [-0.4, -0.2) is 13.7 Å². The summed E-state index contributed by atoms with van der Waals surface area (Å²) < 4.78 is 5.64. The topological polar surface area (TPSA) is 21.3 Å². The Hall–Kier alpha value is -1.80. The maximum absolute atomic E-state index is 5.64. The predicted molar refractivity (Wildman–Crippen MR) is 90.0 cm³/mol. The third-order valence-electron chi connectivity index (χ3n) is 3.76. The molecule has 0 saturated carbocycles. The maximum Gasteiger partial charge on any atom is 0.127 e. The molecular weight excluding hydrogens is 258 g/mol. The summed E-state index contributed by atoms with van der Waals surface area (Å²) in [7, 11) is 1.75. The molecule has 0 fully saturated rings. The van der Waals surface area contributed by atoms with Gasteiger partial charge in [0.2, 0.25) is 0 Å². The van der Waals surface area contributed by atoms with E-state index < -0.39 is 0 Å². The molecular formula is C19H25NO. The highest BCUT2D eigenvalue weighted by molar-refractivity contribution is 5.77. The molecule has 0 heterocycles. The Morgan fingerprint density at radius 3 is 2.43 bits per heavy atom. The number of nitrogens with one attached hydrogen (secondary N) is 1. The smallest absolute Gasteiger partial charge is 0.127 e. The second kappa shape index (κ2) is 6.77. The van der Waals surface area contributed by atoms with Gasteiger partial charge < -0.3 is 10.1 Å². The van der Waals surface area contributed by atoms with E-state index in [-0.39, 0.29) is 0 Å². The maximum atomic E-state index is 5.64. The molecule has 2 heteroatoms. The Balaban J connectivity index is 2.62. The monoisotopic (exact) mass is 283 g/mol. The minimum absolute atomic E-state index is 0.878. The molecule has 0 spiro atoms. The summed E-state index contributed by atoms with van der Waals surface area (Å²) in [6, 6.07) is 11.0. The predicted octanol–water partition coefficient (Wildman–Crippen LogP) is 4.40. The van der Waals surface area contributed by atoms with Crippen molar-refractivity contribution in [3.63, 3.8) is 0 Å². The zero-order valence-electron chi connectivity index (χ0n) is 13.7. The van der Waals surface area contributed by atoms with E-state index in [0.717, 1.165) is 18.8 Å². The average Bonchev–Trinajstić information content (AvgIpc) is 2.45. The summed E-state index contributed by atoms with van der Waals surface area (Å²) in [4.78, 5) is 0. The van der Waals surface area contributed by atoms with E-state index in [9.17, 15) is 0 Å². The molecule has 2 aromatic carbocycles. The van der Waals surface area contributed by atoms with E-state index in [2.05, 4.69) is 63.3 Å². The van der Waals surface area contributed by atoms with Gasteiger partial charge in [-0.1, -0.05) is 36.8 Å². The standard InChI is InChI=1S/C19H25NO/c1-6-20-12-16-8-7-13(2)10-17(16)19-15(4)9-14(3)11-18(19)21-5/h7-11,20H,6,12H2,1-5H3. The van der Waals surface area contributed by atoms with Crippen molar-refractivity contribution >= 4 is 0 Å². The Kier molecular flexibility index (Phi) is 5.03. The third-order valence-corrected chi connectivity index (χ3v) is 3.76. The van der Waals surface area contributed by atoms with Crippen LogP contribution in [0.2, 0.25) is 0 Å². The fraction of sp³-hybridized carbons (Fsp3) is 0.368. The van der Waals surface area contributed by atoms with Gasteiger partial charge in [0.25, 0.3) is 0 Å². The molecule has 0 aliphatic rings. The lowest BCUT2D eigenvalue weighted by molar-refractivity contribution is 0.416. The van der Waals surface area contributed by atoms with Gasteiger partial charge in [-0.25, -0.2) is 0 Å². The van der Waals surface area contributed by atoms with Crippen LogP contribution in [0.15, 0.2) is 30.3 Å². The second-order valence-corrected chi connectivity index (χ2v) is 5.60. The molecule has 0 radical (unpaired) electrons. The van der Waals surface area contributed by atoms with Crippen LogP contribution in [0.25, 0.3) is 11.1 Å². The highest BCUT2D eigenvalue weighted by Crippen LogP contribution is 2.36. The lowest BCUT2D eigenvalue weighted by atomic mass is 9.92. The fourth-order valence-corrected chi connectivity index (χ4v) is 2.77. The van der Waals surface area contributed by atoms with Gasteiger partial charge in [0.15, 0.2) is 0 Å². The molecule has 0 aromatic heterocycles. The normalized spacial score (nSPS) is 10.7. The van der Waals surface area contributed by atoms with Crippen LogP contribution in [-0.2, 0) is 6.54 Å². The Bertz CT molecular complexity index is 632. The number of hydrogen-bond donors (Lipinski definition) is 1. The second-order valence-electron chi connectivity index (χ2n) is 5.60. The average molecular weight is 283 g/mol. The molecule has 0 saturated heterocycles. The van der Waals surface area contributed by atoms with Gasteiger partial charge in [0.1, 0.15) is 5.75 Å². The van der Waals surface area contributed by atoms with Crippen LogP contribution < -0.4 is 10.1 Å². The highest BCUT2D eigenvalue weighted by Gasteiger charge is 2.14. The molecule has 21 heavy (non-hydrogen) atoms. The van der Waals surface area contributed by atoms with E-state index in [1.54, 1.807) is 7.11 Å². The molecule has 0 amide bonds. The summed E-state index contributed by atoms with van der Waals surface area (Å²) in [6.45, 7) is 10.4. The zero-order chi connectivity index (χ0) is 15.4. The van der Waals surface area contributed by atoms with E-state index in [4.69, 9.17) is 4.74 Å². The van der Waals surface area contributed by atoms with Gasteiger partial charge in [-0.3, -0.25) is 0 Å². The number of rotatable bonds is 5. The Morgan fingerprint density at radius 1 is 1.00 bits per heavy atom. The van der Waals surface area contributed by atoms with E-state index >= 15 is 0 Å². The number of benzene rings is 2. The van der Waals surface area contributed by atoms with Crippen molar-refractivity contribution in [2.45, 2.75) is 34.2 Å². The highest BCUT2D eigenvalue weighted by atomic mass is 16.5. The zero-order valence-corrected chi connectivity index (χ0v) is 13.7. The largest absolute Gasteiger partial charge is 0.496 e. The fourth-order valence-electron chi connectivity index (χ4n) is 2.77. The van der Waals surface area contributed by atoms with Crippen molar-refractivity contribution in [1.82, 2.24) is 5.32 Å². The van der Waals surface area contributed by atoms with Crippen LogP contribution in [0.3, 0.4) is 0 Å². The molecule has 0 atom stereocenters. The first-order valence-electron chi connectivity index (χ1n) is 7.52. The van der Waals surface area contributed by atoms with Gasteiger partial charge in [0, 0.05) is 12.1 Å². The molecule has 0 unspecified atom stereocenters. The van der Waals surface area contributed by atoms with Crippen molar-refractivity contribution < 1.29 is 4.74 Å². The molecule has 2 nitrogen and oxygen atoms in total. The first-order valence-corrected chi connectivity index (χ1v) is 7.52. The van der Waals surface area contributed by atoms with Crippen molar-refractivity contribution in [3.05, 3.63) is 52.6 Å². The SMILES string of the molecule is CCNCc1ccc(C)cc1-c1c(C)cc(C)cc1OC. The van der Waals surface area contributed by atoms with Crippen LogP contribution in [0.5, 0.6) is 5.75 Å². The van der Waals surface area contributed by atoms with Crippen molar-refractivity contribution in [2.24, 2.45) is 0 Å². The molecule has 0 aliphatic heterocycles. The lowest BCUT2D eigenvalue weighted by Crippen LogP contribution is -2.12. The van der Waals surface area contributed by atoms with Gasteiger partial charge >= 0.3 is 0 Å². The lowest BCUT2D eigenvalue weighted by Gasteiger charge is -2.17. The van der Waals surface area contributed by atoms with Gasteiger partial charge in [0.05, 0.1) is 7.11 Å². The molecule has 112 valence electrons. The number of hydrogen-bond acceptors (Lipinski definition) is 2. The quantitative estimate of drug-likeness (QED) is 0.878. The van der Waals surface area contributed by atoms with Crippen molar-refractivity contribution in [2.75, 3.05) is 13.7 Å². The Morgan fingerprint density at radius 2 is 1.76 bits per heavy atom. The van der Waals surface area contributed by atoms with Crippen molar-refractivity contribution in [3.8, 4) is 16.9 Å². The minimum atomic E-state index is 0.878. The van der Waals surface area contributed by atoms with E-state index in [0.29, 0.717) is 0 Å². The summed E-state index contributed by atoms with van der Waals surface area (Å²) in [5.41, 5.74) is 7.55. The molecule has 0 bridgehead atoms. The molecule has 0 aliphatic carbocycles. The minimum Gasteiger partial charge on any atom is -0.496 e. The van der Waals surface area contributed by atoms with Crippen molar-refractivity contribution in [1.29, 1.82) is 0 Å². The van der Waals surface area contributed by atoms with Gasteiger partial charge in [-0.05, 0) is 55.6 Å². The summed E-state index contributed by atoms with van der Waals surface area (Å²) in [6.07, 6.45) is 0. The number of methoxy groups -OCH3 is 1. The van der Waals surface area contributed by atoms with Crippen LogP contribution in [0, 0.1) is 20.8 Å². The third kappa shape index (κ3) is 3.45. The first-order chi connectivity index (χ1) is 10.1.